The van der Waals surface area contributed by atoms with Gasteiger partial charge in [0.15, 0.2) is 0 Å². The van der Waals surface area contributed by atoms with Crippen LogP contribution in [0.2, 0.25) is 5.02 Å². The van der Waals surface area contributed by atoms with Crippen molar-refractivity contribution in [3.8, 4) is 0 Å². The Bertz CT molecular complexity index is 203. The number of hydrogen-bond donors (Lipinski definition) is 0. The zero-order valence-corrected chi connectivity index (χ0v) is 7.46. The van der Waals surface area contributed by atoms with Gasteiger partial charge in [-0.3, -0.25) is 4.98 Å². The number of rotatable bonds is 0. The number of nitrogens with zero attached hydrogens (tertiary/aromatic N) is 1. The Balaban J connectivity index is 0.000000810. The molecular weight excluding hydrogens is 169 g/mol. The Morgan fingerprint density at radius 3 is 2.40 bits per heavy atom. The van der Waals surface area contributed by atoms with Crippen molar-refractivity contribution in [3.05, 3.63) is 28.5 Å². The quantitative estimate of drug-likeness (QED) is 0.595. The van der Waals surface area contributed by atoms with E-state index in [9.17, 15) is 0 Å². The smallest absolute Gasteiger partial charge is 0.0468 e. The van der Waals surface area contributed by atoms with Gasteiger partial charge in [-0.25, -0.2) is 0 Å². The second-order valence-corrected chi connectivity index (χ2v) is 2.41. The fraction of sp³-hybridized carbons (Fsp3) is 0.286. The molecule has 1 aromatic rings. The predicted octanol–water partition coefficient (Wildman–Crippen LogP) is 2.77. The number of hydrogen-bond acceptors (Lipinski definition) is 1. The van der Waals surface area contributed by atoms with Crippen LogP contribution in [-0.4, -0.2) is 4.98 Å². The average molecular weight is 178 g/mol. The van der Waals surface area contributed by atoms with Gasteiger partial charge in [0.25, 0.3) is 0 Å². The molecule has 0 fully saturated rings. The maximum atomic E-state index is 5.77. The number of pyridine rings is 1. The second-order valence-electron chi connectivity index (χ2n) is 2.00. The van der Waals surface area contributed by atoms with Gasteiger partial charge >= 0.3 is 0 Å². The van der Waals surface area contributed by atoms with E-state index < -0.39 is 0 Å². The van der Waals surface area contributed by atoms with Crippen molar-refractivity contribution in [1.82, 2.24) is 4.98 Å². The summed E-state index contributed by atoms with van der Waals surface area (Å²) in [6, 6.07) is 1.80. The summed E-state index contributed by atoms with van der Waals surface area (Å²) in [6.45, 7) is 3.91. The molecule has 0 amide bonds. The second kappa shape index (κ2) is 3.79. The van der Waals surface area contributed by atoms with E-state index in [1.54, 1.807) is 12.3 Å². The SMILES string of the molecule is Cc1nccc(Cl)c1C.Cl. The summed E-state index contributed by atoms with van der Waals surface area (Å²) in [5.74, 6) is 0. The zero-order valence-electron chi connectivity index (χ0n) is 5.89. The van der Waals surface area contributed by atoms with Crippen molar-refractivity contribution < 1.29 is 0 Å². The topological polar surface area (TPSA) is 12.9 Å². The summed E-state index contributed by atoms with van der Waals surface area (Å²) in [6.07, 6.45) is 1.71. The summed E-state index contributed by atoms with van der Waals surface area (Å²) in [5.41, 5.74) is 2.07. The lowest BCUT2D eigenvalue weighted by Crippen LogP contribution is -1.84. The molecule has 0 aliphatic rings. The molecule has 0 bridgehead atoms. The predicted molar refractivity (Wildman–Crippen MR) is 46.0 cm³/mol. The van der Waals surface area contributed by atoms with Gasteiger partial charge in [-0.2, -0.15) is 0 Å². The number of aryl methyl sites for hydroxylation is 1. The third-order valence-corrected chi connectivity index (χ3v) is 1.80. The molecular formula is C7H9Cl2N. The van der Waals surface area contributed by atoms with Crippen molar-refractivity contribution in [2.24, 2.45) is 0 Å². The largest absolute Gasteiger partial charge is 0.261 e. The first-order chi connectivity index (χ1) is 4.22. The van der Waals surface area contributed by atoms with Crippen molar-refractivity contribution in [2.45, 2.75) is 13.8 Å². The molecule has 56 valence electrons. The zero-order chi connectivity index (χ0) is 6.85. The molecule has 0 unspecified atom stereocenters. The van der Waals surface area contributed by atoms with Gasteiger partial charge in [0.2, 0.25) is 0 Å². The molecule has 0 saturated heterocycles. The van der Waals surface area contributed by atoms with Gasteiger partial charge in [-0.1, -0.05) is 11.6 Å². The van der Waals surface area contributed by atoms with Gasteiger partial charge in [-0.15, -0.1) is 12.4 Å². The lowest BCUT2D eigenvalue weighted by Gasteiger charge is -1.97. The van der Waals surface area contributed by atoms with E-state index >= 15 is 0 Å². The first-order valence-corrected chi connectivity index (χ1v) is 3.17. The molecule has 0 spiro atoms. The molecule has 1 nitrogen and oxygen atoms in total. The highest BCUT2D eigenvalue weighted by atomic mass is 35.5. The molecule has 1 rings (SSSR count). The summed E-state index contributed by atoms with van der Waals surface area (Å²) in [7, 11) is 0. The minimum atomic E-state index is 0. The molecule has 1 heterocycles. The molecule has 0 atom stereocenters. The van der Waals surface area contributed by atoms with Gasteiger partial charge < -0.3 is 0 Å². The fourth-order valence-corrected chi connectivity index (χ4v) is 0.802. The summed E-state index contributed by atoms with van der Waals surface area (Å²) < 4.78 is 0. The fourth-order valence-electron chi connectivity index (χ4n) is 0.609. The van der Waals surface area contributed by atoms with Gasteiger partial charge in [-0.05, 0) is 25.5 Å². The van der Waals surface area contributed by atoms with Crippen LogP contribution in [0.4, 0.5) is 0 Å². The Morgan fingerprint density at radius 2 is 2.00 bits per heavy atom. The first-order valence-electron chi connectivity index (χ1n) is 2.79. The van der Waals surface area contributed by atoms with E-state index in [2.05, 4.69) is 4.98 Å². The van der Waals surface area contributed by atoms with E-state index in [-0.39, 0.29) is 12.4 Å². The number of halogens is 2. The standard InChI is InChI=1S/C7H8ClN.ClH/c1-5-6(2)9-4-3-7(5)8;/h3-4H,1-2H3;1H. The van der Waals surface area contributed by atoms with Crippen molar-refractivity contribution in [3.63, 3.8) is 0 Å². The lowest BCUT2D eigenvalue weighted by atomic mass is 10.2. The summed E-state index contributed by atoms with van der Waals surface area (Å²) in [5, 5.41) is 0.794. The lowest BCUT2D eigenvalue weighted by molar-refractivity contribution is 1.15. The van der Waals surface area contributed by atoms with Crippen LogP contribution in [0.3, 0.4) is 0 Å². The van der Waals surface area contributed by atoms with Crippen molar-refractivity contribution in [1.29, 1.82) is 0 Å². The molecule has 0 aliphatic carbocycles. The van der Waals surface area contributed by atoms with E-state index in [4.69, 9.17) is 11.6 Å². The minimum Gasteiger partial charge on any atom is -0.261 e. The molecule has 0 aliphatic heterocycles. The molecule has 0 radical (unpaired) electrons. The molecule has 0 aromatic carbocycles. The van der Waals surface area contributed by atoms with Crippen LogP contribution in [0.1, 0.15) is 11.3 Å². The molecule has 3 heteroatoms. The van der Waals surface area contributed by atoms with E-state index in [1.165, 1.54) is 0 Å². The molecule has 10 heavy (non-hydrogen) atoms. The third-order valence-electron chi connectivity index (χ3n) is 1.39. The highest BCUT2D eigenvalue weighted by molar-refractivity contribution is 6.31. The Morgan fingerprint density at radius 1 is 1.40 bits per heavy atom. The van der Waals surface area contributed by atoms with Crippen LogP contribution in [0.15, 0.2) is 12.3 Å². The highest BCUT2D eigenvalue weighted by Crippen LogP contribution is 2.14. The highest BCUT2D eigenvalue weighted by Gasteiger charge is 1.95. The summed E-state index contributed by atoms with van der Waals surface area (Å²) >= 11 is 5.77. The first kappa shape index (κ1) is 9.73. The van der Waals surface area contributed by atoms with Gasteiger partial charge in [0.05, 0.1) is 0 Å². The van der Waals surface area contributed by atoms with Crippen LogP contribution < -0.4 is 0 Å². The monoisotopic (exact) mass is 177 g/mol. The maximum absolute atomic E-state index is 5.77. The van der Waals surface area contributed by atoms with Crippen molar-refractivity contribution >= 4 is 24.0 Å². The van der Waals surface area contributed by atoms with Crippen LogP contribution in [0.25, 0.3) is 0 Å². The minimum absolute atomic E-state index is 0. The van der Waals surface area contributed by atoms with Crippen molar-refractivity contribution in [2.75, 3.05) is 0 Å². The molecule has 0 N–H and O–H groups in total. The summed E-state index contributed by atoms with van der Waals surface area (Å²) in [4.78, 5) is 4.06. The Labute approximate surface area is 71.8 Å². The van der Waals surface area contributed by atoms with Crippen LogP contribution in [0, 0.1) is 13.8 Å². The maximum Gasteiger partial charge on any atom is 0.0468 e. The molecule has 0 saturated carbocycles. The molecule has 1 aromatic heterocycles. The van der Waals surface area contributed by atoms with E-state index in [0.29, 0.717) is 0 Å². The Kier molecular flexibility index (Phi) is 3.69. The van der Waals surface area contributed by atoms with Crippen LogP contribution >= 0.6 is 24.0 Å². The number of aromatic nitrogens is 1. The van der Waals surface area contributed by atoms with Gasteiger partial charge in [0.1, 0.15) is 0 Å². The Hall–Kier alpha value is -0.270. The normalized spacial score (nSPS) is 8.70. The average Bonchev–Trinajstić information content (AvgIpc) is 1.83. The van der Waals surface area contributed by atoms with Crippen LogP contribution in [0.5, 0.6) is 0 Å². The van der Waals surface area contributed by atoms with E-state index in [1.807, 2.05) is 13.8 Å². The van der Waals surface area contributed by atoms with Crippen LogP contribution in [-0.2, 0) is 0 Å². The third kappa shape index (κ3) is 1.86. The van der Waals surface area contributed by atoms with Gasteiger partial charge in [0, 0.05) is 16.9 Å². The van der Waals surface area contributed by atoms with E-state index in [0.717, 1.165) is 16.3 Å².